The summed E-state index contributed by atoms with van der Waals surface area (Å²) >= 11 is 0. The second-order valence-corrected chi connectivity index (χ2v) is 3.39. The van der Waals surface area contributed by atoms with Gasteiger partial charge in [-0.25, -0.2) is 0 Å². The maximum Gasteiger partial charge on any atom is 0.0776 e. The number of aliphatic hydroxyl groups excluding tert-OH is 2. The predicted molar refractivity (Wildman–Crippen MR) is 39.7 cm³/mol. The monoisotopic (exact) mass is 144 g/mol. The van der Waals surface area contributed by atoms with Crippen LogP contribution in [-0.2, 0) is 0 Å². The summed E-state index contributed by atoms with van der Waals surface area (Å²) in [6.45, 7) is 2.07. The third kappa shape index (κ3) is 1.70. The van der Waals surface area contributed by atoms with Crippen LogP contribution in [0.3, 0.4) is 0 Å². The fourth-order valence-corrected chi connectivity index (χ4v) is 1.44. The normalized spacial score (nSPS) is 24.3. The fourth-order valence-electron chi connectivity index (χ4n) is 1.44. The lowest BCUT2D eigenvalue weighted by Gasteiger charge is -2.14. The average Bonchev–Trinajstić information content (AvgIpc) is 2.70. The summed E-state index contributed by atoms with van der Waals surface area (Å²) in [7, 11) is 0. The Kier molecular flexibility index (Phi) is 2.32. The number of hydrogen-bond acceptors (Lipinski definition) is 2. The van der Waals surface area contributed by atoms with E-state index in [0.29, 0.717) is 5.41 Å². The lowest BCUT2D eigenvalue weighted by molar-refractivity contribution is 0.0692. The molecule has 0 spiro atoms. The van der Waals surface area contributed by atoms with Crippen molar-refractivity contribution in [2.75, 3.05) is 6.61 Å². The highest BCUT2D eigenvalue weighted by atomic mass is 16.3. The van der Waals surface area contributed by atoms with Crippen molar-refractivity contribution in [1.29, 1.82) is 0 Å². The van der Waals surface area contributed by atoms with Gasteiger partial charge >= 0.3 is 0 Å². The minimum atomic E-state index is -0.484. The van der Waals surface area contributed by atoms with E-state index < -0.39 is 6.10 Å². The summed E-state index contributed by atoms with van der Waals surface area (Å²) in [6, 6.07) is 0. The highest BCUT2D eigenvalue weighted by Gasteiger charge is 2.41. The third-order valence-corrected chi connectivity index (χ3v) is 2.59. The molecule has 0 aromatic carbocycles. The lowest BCUT2D eigenvalue weighted by Crippen LogP contribution is -2.17. The van der Waals surface area contributed by atoms with E-state index in [4.69, 9.17) is 10.2 Å². The number of hydrogen-bond donors (Lipinski definition) is 2. The molecule has 0 aromatic heterocycles. The first-order valence-electron chi connectivity index (χ1n) is 4.01. The zero-order valence-electron chi connectivity index (χ0n) is 6.51. The minimum absolute atomic E-state index is 0.0816. The van der Waals surface area contributed by atoms with Crippen molar-refractivity contribution in [1.82, 2.24) is 0 Å². The van der Waals surface area contributed by atoms with E-state index in [2.05, 4.69) is 6.92 Å². The van der Waals surface area contributed by atoms with Crippen LogP contribution < -0.4 is 0 Å². The van der Waals surface area contributed by atoms with Crippen molar-refractivity contribution in [3.8, 4) is 0 Å². The van der Waals surface area contributed by atoms with Crippen molar-refractivity contribution >= 4 is 0 Å². The van der Waals surface area contributed by atoms with Crippen LogP contribution in [0.5, 0.6) is 0 Å². The average molecular weight is 144 g/mol. The van der Waals surface area contributed by atoms with Gasteiger partial charge in [-0.05, 0) is 24.7 Å². The van der Waals surface area contributed by atoms with E-state index in [1.54, 1.807) is 0 Å². The van der Waals surface area contributed by atoms with Crippen LogP contribution in [0.25, 0.3) is 0 Å². The SMILES string of the molecule is CCC1(C[C@H](O)CO)CC1. The van der Waals surface area contributed by atoms with E-state index in [-0.39, 0.29) is 6.61 Å². The van der Waals surface area contributed by atoms with E-state index >= 15 is 0 Å². The zero-order valence-corrected chi connectivity index (χ0v) is 6.51. The van der Waals surface area contributed by atoms with Crippen LogP contribution in [0.4, 0.5) is 0 Å². The highest BCUT2D eigenvalue weighted by molar-refractivity contribution is 4.93. The molecule has 0 heterocycles. The van der Waals surface area contributed by atoms with Crippen molar-refractivity contribution in [2.24, 2.45) is 5.41 Å². The third-order valence-electron chi connectivity index (χ3n) is 2.59. The Morgan fingerprint density at radius 1 is 1.50 bits per heavy atom. The Labute approximate surface area is 61.9 Å². The molecule has 0 unspecified atom stereocenters. The Bertz CT molecular complexity index is 108. The molecular weight excluding hydrogens is 128 g/mol. The second kappa shape index (κ2) is 2.89. The van der Waals surface area contributed by atoms with Crippen molar-refractivity contribution in [3.63, 3.8) is 0 Å². The summed E-state index contributed by atoms with van der Waals surface area (Å²) in [6.07, 6.45) is 3.92. The summed E-state index contributed by atoms with van der Waals surface area (Å²) in [4.78, 5) is 0. The molecule has 1 saturated carbocycles. The maximum absolute atomic E-state index is 9.11. The molecule has 0 saturated heterocycles. The van der Waals surface area contributed by atoms with Gasteiger partial charge in [-0.15, -0.1) is 0 Å². The topological polar surface area (TPSA) is 40.5 Å². The maximum atomic E-state index is 9.11. The van der Waals surface area contributed by atoms with Gasteiger partial charge in [-0.2, -0.15) is 0 Å². The molecule has 0 radical (unpaired) electrons. The van der Waals surface area contributed by atoms with E-state index in [0.717, 1.165) is 12.8 Å². The minimum Gasteiger partial charge on any atom is -0.394 e. The van der Waals surface area contributed by atoms with Gasteiger partial charge in [0.05, 0.1) is 12.7 Å². The molecule has 2 nitrogen and oxygen atoms in total. The highest BCUT2D eigenvalue weighted by Crippen LogP contribution is 2.52. The first kappa shape index (κ1) is 8.02. The largest absolute Gasteiger partial charge is 0.394 e. The van der Waals surface area contributed by atoms with Gasteiger partial charge in [-0.1, -0.05) is 13.3 Å². The molecule has 0 aliphatic heterocycles. The first-order valence-corrected chi connectivity index (χ1v) is 4.01. The molecule has 0 aromatic rings. The Morgan fingerprint density at radius 2 is 2.10 bits per heavy atom. The summed E-state index contributed by atoms with van der Waals surface area (Å²) in [5.74, 6) is 0. The van der Waals surface area contributed by atoms with Crippen LogP contribution >= 0.6 is 0 Å². The van der Waals surface area contributed by atoms with Gasteiger partial charge in [0, 0.05) is 0 Å². The van der Waals surface area contributed by atoms with Gasteiger partial charge in [0.15, 0.2) is 0 Å². The van der Waals surface area contributed by atoms with Crippen molar-refractivity contribution in [3.05, 3.63) is 0 Å². The molecule has 0 amide bonds. The molecule has 60 valence electrons. The molecule has 1 rings (SSSR count). The molecule has 2 heteroatoms. The summed E-state index contributed by atoms with van der Waals surface area (Å²) in [5.41, 5.74) is 0.405. The van der Waals surface area contributed by atoms with Crippen LogP contribution in [0, 0.1) is 5.41 Å². The van der Waals surface area contributed by atoms with E-state index in [1.807, 2.05) is 0 Å². The molecular formula is C8H16O2. The first-order chi connectivity index (χ1) is 4.72. The summed E-state index contributed by atoms with van der Waals surface area (Å²) in [5, 5.41) is 17.7. The Morgan fingerprint density at radius 3 is 2.40 bits per heavy atom. The van der Waals surface area contributed by atoms with Crippen LogP contribution in [0.2, 0.25) is 0 Å². The smallest absolute Gasteiger partial charge is 0.0776 e. The van der Waals surface area contributed by atoms with Crippen molar-refractivity contribution < 1.29 is 10.2 Å². The van der Waals surface area contributed by atoms with Crippen LogP contribution in [-0.4, -0.2) is 22.9 Å². The molecule has 0 bridgehead atoms. The van der Waals surface area contributed by atoms with E-state index in [1.165, 1.54) is 12.8 Å². The molecule has 2 N–H and O–H groups in total. The molecule has 10 heavy (non-hydrogen) atoms. The molecule has 1 atom stereocenters. The van der Waals surface area contributed by atoms with Gasteiger partial charge in [0.25, 0.3) is 0 Å². The Balaban J connectivity index is 2.23. The quantitative estimate of drug-likeness (QED) is 0.616. The van der Waals surface area contributed by atoms with E-state index in [9.17, 15) is 0 Å². The number of aliphatic hydroxyl groups is 2. The van der Waals surface area contributed by atoms with Gasteiger partial charge in [-0.3, -0.25) is 0 Å². The number of rotatable bonds is 4. The van der Waals surface area contributed by atoms with Crippen LogP contribution in [0.15, 0.2) is 0 Å². The van der Waals surface area contributed by atoms with Gasteiger partial charge in [0.2, 0.25) is 0 Å². The zero-order chi connectivity index (χ0) is 7.61. The van der Waals surface area contributed by atoms with Crippen molar-refractivity contribution in [2.45, 2.75) is 38.7 Å². The van der Waals surface area contributed by atoms with Gasteiger partial charge < -0.3 is 10.2 Å². The molecule has 1 fully saturated rings. The van der Waals surface area contributed by atoms with Gasteiger partial charge in [0.1, 0.15) is 0 Å². The summed E-state index contributed by atoms with van der Waals surface area (Å²) < 4.78 is 0. The fraction of sp³-hybridized carbons (Fsp3) is 1.00. The Hall–Kier alpha value is -0.0800. The molecule has 1 aliphatic carbocycles. The standard InChI is InChI=1S/C8H16O2/c1-2-8(3-4-8)5-7(10)6-9/h7,9-10H,2-6H2,1H3/t7-/m0/s1. The predicted octanol–water partition coefficient (Wildman–Crippen LogP) is 0.920. The molecule has 1 aliphatic rings. The lowest BCUT2D eigenvalue weighted by atomic mass is 9.96. The second-order valence-electron chi connectivity index (χ2n) is 3.39. The van der Waals surface area contributed by atoms with Crippen LogP contribution in [0.1, 0.15) is 32.6 Å².